The van der Waals surface area contributed by atoms with E-state index in [2.05, 4.69) is 24.4 Å². The first-order valence-corrected chi connectivity index (χ1v) is 9.14. The number of rotatable bonds is 8. The SMILES string of the molecule is CC[C@@]12CC=C[C@@H]1[C@](CNC(=O)O[C@H](OC(C)=O)C(C)C)(CC(=O)O)C2. The third-order valence-electron chi connectivity index (χ3n) is 5.72. The first-order valence-electron chi connectivity index (χ1n) is 9.14. The molecule has 0 aromatic heterocycles. The lowest BCUT2D eigenvalue weighted by molar-refractivity contribution is -0.173. The summed E-state index contributed by atoms with van der Waals surface area (Å²) in [5, 5.41) is 12.0. The summed E-state index contributed by atoms with van der Waals surface area (Å²) in [5.74, 6) is -1.44. The molecule has 0 bridgehead atoms. The van der Waals surface area contributed by atoms with Crippen LogP contribution in [0.4, 0.5) is 4.79 Å². The van der Waals surface area contributed by atoms with Crippen LogP contribution >= 0.6 is 0 Å². The van der Waals surface area contributed by atoms with Crippen LogP contribution < -0.4 is 5.32 Å². The highest BCUT2D eigenvalue weighted by Crippen LogP contribution is 2.67. The van der Waals surface area contributed by atoms with Gasteiger partial charge in [0.25, 0.3) is 6.29 Å². The zero-order valence-corrected chi connectivity index (χ0v) is 15.9. The Kier molecular flexibility index (Phi) is 5.98. The Bertz CT molecular complexity index is 601. The zero-order valence-electron chi connectivity index (χ0n) is 15.9. The smallest absolute Gasteiger partial charge is 0.410 e. The van der Waals surface area contributed by atoms with Crippen LogP contribution in [-0.4, -0.2) is 36.0 Å². The monoisotopic (exact) mass is 367 g/mol. The van der Waals surface area contributed by atoms with Gasteiger partial charge in [0.2, 0.25) is 0 Å². The molecule has 1 amide bonds. The van der Waals surface area contributed by atoms with Crippen LogP contribution in [0.15, 0.2) is 12.2 Å². The third kappa shape index (κ3) is 4.02. The molecule has 2 N–H and O–H groups in total. The molecule has 1 fully saturated rings. The van der Waals surface area contributed by atoms with Gasteiger partial charge < -0.3 is 19.9 Å². The van der Waals surface area contributed by atoms with Gasteiger partial charge in [0.05, 0.1) is 6.42 Å². The summed E-state index contributed by atoms with van der Waals surface area (Å²) >= 11 is 0. The van der Waals surface area contributed by atoms with Crippen LogP contribution in [0.25, 0.3) is 0 Å². The van der Waals surface area contributed by atoms with Gasteiger partial charge in [0.15, 0.2) is 0 Å². The lowest BCUT2D eigenvalue weighted by Crippen LogP contribution is -2.59. The fourth-order valence-electron chi connectivity index (χ4n) is 4.54. The maximum Gasteiger partial charge on any atom is 0.410 e. The van der Waals surface area contributed by atoms with E-state index in [-0.39, 0.29) is 30.2 Å². The van der Waals surface area contributed by atoms with Crippen molar-refractivity contribution in [1.82, 2.24) is 5.32 Å². The van der Waals surface area contributed by atoms with Gasteiger partial charge in [-0.2, -0.15) is 0 Å². The molecule has 2 rings (SSSR count). The van der Waals surface area contributed by atoms with Crippen LogP contribution in [0.3, 0.4) is 0 Å². The second-order valence-electron chi connectivity index (χ2n) is 7.92. The number of amides is 1. The van der Waals surface area contributed by atoms with Crippen molar-refractivity contribution < 1.29 is 29.0 Å². The largest absolute Gasteiger partial charge is 0.481 e. The second kappa shape index (κ2) is 7.68. The number of esters is 1. The number of alkyl carbamates (subject to hydrolysis) is 1. The molecule has 2 aliphatic carbocycles. The van der Waals surface area contributed by atoms with Crippen molar-refractivity contribution in [3.63, 3.8) is 0 Å². The Morgan fingerprint density at radius 3 is 2.54 bits per heavy atom. The number of fused-ring (bicyclic) bond motifs is 1. The lowest BCUT2D eigenvalue weighted by Gasteiger charge is -2.60. The van der Waals surface area contributed by atoms with Crippen molar-refractivity contribution in [2.75, 3.05) is 6.54 Å². The average molecular weight is 367 g/mol. The quantitative estimate of drug-likeness (QED) is 0.388. The summed E-state index contributed by atoms with van der Waals surface area (Å²) in [7, 11) is 0. The number of allylic oxidation sites excluding steroid dienone is 2. The van der Waals surface area contributed by atoms with E-state index in [1.807, 2.05) is 0 Å². The summed E-state index contributed by atoms with van der Waals surface area (Å²) in [5.41, 5.74) is -0.373. The van der Waals surface area contributed by atoms with Crippen molar-refractivity contribution in [3.05, 3.63) is 12.2 Å². The van der Waals surface area contributed by atoms with Gasteiger partial charge >= 0.3 is 18.0 Å². The highest BCUT2D eigenvalue weighted by molar-refractivity contribution is 5.70. The van der Waals surface area contributed by atoms with E-state index in [0.717, 1.165) is 19.3 Å². The Balaban J connectivity index is 2.00. The minimum atomic E-state index is -0.967. The lowest BCUT2D eigenvalue weighted by atomic mass is 9.44. The zero-order chi connectivity index (χ0) is 19.5. The van der Waals surface area contributed by atoms with Gasteiger partial charge in [0, 0.05) is 24.8 Å². The topological polar surface area (TPSA) is 102 Å². The Labute approximate surface area is 154 Å². The number of aliphatic carboxylic acids is 1. The highest BCUT2D eigenvalue weighted by Gasteiger charge is 2.62. The molecule has 0 heterocycles. The van der Waals surface area contributed by atoms with E-state index in [1.54, 1.807) is 13.8 Å². The van der Waals surface area contributed by atoms with E-state index < -0.39 is 29.7 Å². The van der Waals surface area contributed by atoms with Crippen molar-refractivity contribution in [1.29, 1.82) is 0 Å². The van der Waals surface area contributed by atoms with Gasteiger partial charge in [-0.15, -0.1) is 0 Å². The third-order valence-corrected chi connectivity index (χ3v) is 5.72. The maximum atomic E-state index is 12.2. The number of carboxylic acids is 1. The normalized spacial score (nSPS) is 30.3. The van der Waals surface area contributed by atoms with E-state index in [1.165, 1.54) is 6.92 Å². The molecule has 0 radical (unpaired) electrons. The Hall–Kier alpha value is -2.05. The molecule has 0 saturated heterocycles. The molecule has 0 spiro atoms. The van der Waals surface area contributed by atoms with E-state index in [0.29, 0.717) is 0 Å². The molecule has 4 atom stereocenters. The fourth-order valence-corrected chi connectivity index (χ4v) is 4.54. The summed E-state index contributed by atoms with van der Waals surface area (Å²) in [4.78, 5) is 34.7. The maximum absolute atomic E-state index is 12.2. The number of nitrogens with one attached hydrogen (secondary N) is 1. The predicted octanol–water partition coefficient (Wildman–Crippen LogP) is 3.10. The predicted molar refractivity (Wildman–Crippen MR) is 94.1 cm³/mol. The minimum Gasteiger partial charge on any atom is -0.481 e. The number of carboxylic acid groups (broad SMARTS) is 1. The number of ether oxygens (including phenoxy) is 2. The van der Waals surface area contributed by atoms with Crippen molar-refractivity contribution in [3.8, 4) is 0 Å². The first kappa shape index (κ1) is 20.3. The molecule has 0 unspecified atom stereocenters. The van der Waals surface area contributed by atoms with Gasteiger partial charge in [0.1, 0.15) is 0 Å². The van der Waals surface area contributed by atoms with Crippen LogP contribution in [0.1, 0.15) is 53.4 Å². The van der Waals surface area contributed by atoms with E-state index >= 15 is 0 Å². The van der Waals surface area contributed by atoms with Crippen LogP contribution in [0.2, 0.25) is 0 Å². The molecule has 2 aliphatic rings. The summed E-state index contributed by atoms with van der Waals surface area (Å²) < 4.78 is 10.2. The van der Waals surface area contributed by atoms with Crippen molar-refractivity contribution in [2.24, 2.45) is 22.7 Å². The first-order chi connectivity index (χ1) is 12.1. The fraction of sp³-hybridized carbons (Fsp3) is 0.737. The van der Waals surface area contributed by atoms with Crippen molar-refractivity contribution >= 4 is 18.0 Å². The number of hydrogen-bond acceptors (Lipinski definition) is 5. The van der Waals surface area contributed by atoms with Gasteiger partial charge in [-0.05, 0) is 30.6 Å². The molecule has 0 aromatic rings. The standard InChI is InChI=1S/C19H29NO6/c1-5-18-8-6-7-14(18)19(10-18,9-15(22)23)11-20-17(24)26-16(12(2)3)25-13(4)21/h6-7,12,14,16H,5,8-11H2,1-4H3,(H,20,24)(H,22,23)/t14-,16-,18-,19+/m0/s1. The van der Waals surface area contributed by atoms with Crippen molar-refractivity contribution in [2.45, 2.75) is 59.7 Å². The van der Waals surface area contributed by atoms with Gasteiger partial charge in [-0.1, -0.05) is 32.9 Å². The molecule has 26 heavy (non-hydrogen) atoms. The number of carbonyl (C=O) groups excluding carboxylic acids is 2. The van der Waals surface area contributed by atoms with E-state index in [4.69, 9.17) is 9.47 Å². The average Bonchev–Trinajstić information content (AvgIpc) is 2.88. The molecular weight excluding hydrogens is 338 g/mol. The van der Waals surface area contributed by atoms with Gasteiger partial charge in [-0.3, -0.25) is 9.59 Å². The summed E-state index contributed by atoms with van der Waals surface area (Å²) in [6, 6.07) is 0. The van der Waals surface area contributed by atoms with E-state index in [9.17, 15) is 19.5 Å². The number of hydrogen-bond donors (Lipinski definition) is 2. The second-order valence-corrected chi connectivity index (χ2v) is 7.92. The summed E-state index contributed by atoms with van der Waals surface area (Å²) in [6.45, 7) is 7.15. The minimum absolute atomic E-state index is 0.00158. The Morgan fingerprint density at radius 1 is 1.31 bits per heavy atom. The summed E-state index contributed by atoms with van der Waals surface area (Å²) in [6.07, 6.45) is 5.25. The molecule has 0 aromatic carbocycles. The molecular formula is C19H29NO6. The Morgan fingerprint density at radius 2 is 2.00 bits per heavy atom. The molecule has 0 aliphatic heterocycles. The highest BCUT2D eigenvalue weighted by atomic mass is 16.7. The molecule has 146 valence electrons. The molecule has 7 heteroatoms. The number of carbonyl (C=O) groups is 3. The van der Waals surface area contributed by atoms with Crippen LogP contribution in [0, 0.1) is 22.7 Å². The van der Waals surface area contributed by atoms with Crippen LogP contribution in [-0.2, 0) is 19.1 Å². The van der Waals surface area contributed by atoms with Crippen LogP contribution in [0.5, 0.6) is 0 Å². The molecule has 7 nitrogen and oxygen atoms in total. The van der Waals surface area contributed by atoms with Gasteiger partial charge in [-0.25, -0.2) is 4.79 Å². The molecule has 1 saturated carbocycles.